The topological polar surface area (TPSA) is 390 Å². The van der Waals surface area contributed by atoms with Gasteiger partial charge < -0.3 is 73.3 Å². The molecule has 26 heteroatoms. The molecule has 3 fully saturated rings. The number of amides is 11. The molecule has 11 amide bonds. The molecule has 0 unspecified atom stereocenters. The van der Waals surface area contributed by atoms with E-state index in [9.17, 15) is 67.7 Å². The van der Waals surface area contributed by atoms with Crippen LogP contribution in [0.1, 0.15) is 110 Å². The Kier molecular flexibility index (Phi) is 22.9. The van der Waals surface area contributed by atoms with Gasteiger partial charge >= 0.3 is 5.97 Å². The molecule has 3 aliphatic heterocycles. The number of carbonyl (C=O) groups is 12. The largest absolute Gasteiger partial charge is 0.481 e. The summed E-state index contributed by atoms with van der Waals surface area (Å²) in [5.41, 5.74) is 7.51. The fourth-order valence-electron chi connectivity index (χ4n) is 10.8. The number of aromatic nitrogens is 1. The number of aromatic amines is 1. The molecule has 11 atom stereocenters. The van der Waals surface area contributed by atoms with Crippen molar-refractivity contribution in [3.8, 4) is 0 Å². The van der Waals surface area contributed by atoms with Gasteiger partial charge in [-0.3, -0.25) is 57.5 Å². The molecule has 456 valence electrons. The van der Waals surface area contributed by atoms with E-state index in [-0.39, 0.29) is 63.5 Å². The number of nitrogens with two attached hydrogens (primary N) is 1. The number of aliphatic carboxylic acids is 1. The third kappa shape index (κ3) is 17.6. The number of aliphatic hydroxyl groups excluding tert-OH is 1. The summed E-state index contributed by atoms with van der Waals surface area (Å²) in [6, 6.07) is 1.51. The molecule has 6 rings (SSSR count). The lowest BCUT2D eigenvalue weighted by Gasteiger charge is -2.34. The van der Waals surface area contributed by atoms with Crippen LogP contribution in [0.2, 0.25) is 0 Å². The van der Waals surface area contributed by atoms with Gasteiger partial charge in [-0.2, -0.15) is 0 Å². The Morgan fingerprint density at radius 3 is 1.64 bits per heavy atom. The van der Waals surface area contributed by atoms with Crippen LogP contribution >= 0.6 is 0 Å². The van der Waals surface area contributed by atoms with Gasteiger partial charge in [0.1, 0.15) is 60.4 Å². The van der Waals surface area contributed by atoms with Crippen molar-refractivity contribution in [2.75, 3.05) is 13.1 Å². The molecular formula is C58H80N12O14. The van der Waals surface area contributed by atoms with Crippen LogP contribution in [0.25, 0.3) is 10.9 Å². The van der Waals surface area contributed by atoms with Crippen molar-refractivity contribution < 1.29 is 67.7 Å². The molecule has 3 saturated heterocycles. The Morgan fingerprint density at radius 2 is 1.06 bits per heavy atom. The molecule has 3 aliphatic rings. The summed E-state index contributed by atoms with van der Waals surface area (Å²) in [6.07, 6.45) is -1.12. The standard InChI is InChI=1S/C58H80N12O14/c1-30(2)24-39-52(78)65-42(27-35-29-60-37-17-11-10-16-36(35)37)55(81)64-40(25-31(3)4)53(79)66-43(28-46(59)72)51(77)61-32(5)49(75)62-38(20-21-47(73)74)50(76)68-48(33(6)71)58(84)70-23-13-19-45(70)57(83)69-22-12-18-44(69)56(82)67-41(54(80)63-39)26-34-14-8-7-9-15-34/h7-11,14-17,29-33,38-45,48,60,71H,12-13,18-28H2,1-6H3,(H2,59,72)(H,61,77)(H,62,75)(H,63,80)(H,64,81)(H,65,78)(H,66,79)(H,67,82)(H,68,76)(H,73,74)/t32-,33+,38-,39-,40-,41-,42-,43-,44-,45+,48-/m0/s1. The monoisotopic (exact) mass is 1170 g/mol. The summed E-state index contributed by atoms with van der Waals surface area (Å²) in [5, 5.41) is 42.1. The zero-order valence-corrected chi connectivity index (χ0v) is 48.2. The number of carbonyl (C=O) groups excluding carboxylic acids is 11. The Bertz CT molecular complexity index is 2910. The molecule has 0 aliphatic carbocycles. The van der Waals surface area contributed by atoms with Gasteiger partial charge in [0.05, 0.1) is 12.5 Å². The van der Waals surface area contributed by atoms with Crippen LogP contribution < -0.4 is 48.3 Å². The van der Waals surface area contributed by atoms with E-state index < -0.39 is 157 Å². The highest BCUT2D eigenvalue weighted by Crippen LogP contribution is 2.27. The second-order valence-electron chi connectivity index (χ2n) is 22.8. The molecule has 0 bridgehead atoms. The zero-order chi connectivity index (χ0) is 61.5. The first kappa shape index (κ1) is 64.7. The number of para-hydroxylation sites is 1. The van der Waals surface area contributed by atoms with Gasteiger partial charge in [0, 0.05) is 49.5 Å². The first-order valence-electron chi connectivity index (χ1n) is 28.6. The van der Waals surface area contributed by atoms with Crippen molar-refractivity contribution in [1.29, 1.82) is 0 Å². The predicted octanol–water partition coefficient (Wildman–Crippen LogP) is -0.940. The second-order valence-corrected chi connectivity index (χ2v) is 22.8. The highest BCUT2D eigenvalue weighted by atomic mass is 16.4. The molecule has 2 aromatic carbocycles. The van der Waals surface area contributed by atoms with E-state index in [1.54, 1.807) is 56.4 Å². The molecule has 0 radical (unpaired) electrons. The fraction of sp³-hybridized carbons (Fsp3) is 0.552. The number of nitrogens with one attached hydrogen (secondary N) is 9. The van der Waals surface area contributed by atoms with Gasteiger partial charge in [-0.1, -0.05) is 76.2 Å². The van der Waals surface area contributed by atoms with E-state index in [0.717, 1.165) is 10.9 Å². The lowest BCUT2D eigenvalue weighted by atomic mass is 9.98. The van der Waals surface area contributed by atoms with E-state index in [1.807, 2.05) is 32.0 Å². The van der Waals surface area contributed by atoms with Crippen molar-refractivity contribution in [1.82, 2.24) is 57.3 Å². The van der Waals surface area contributed by atoms with Gasteiger partial charge in [0.25, 0.3) is 0 Å². The molecule has 3 aromatic rings. The Balaban J connectivity index is 1.41. The number of carboxylic acid groups (broad SMARTS) is 1. The zero-order valence-electron chi connectivity index (χ0n) is 48.2. The average Bonchev–Trinajstić information content (AvgIpc) is 3.17. The average molecular weight is 1170 g/mol. The van der Waals surface area contributed by atoms with Crippen LogP contribution in [0.5, 0.6) is 0 Å². The number of rotatable bonds is 14. The molecule has 26 nitrogen and oxygen atoms in total. The molecule has 0 spiro atoms. The Hall–Kier alpha value is -8.42. The predicted molar refractivity (Wildman–Crippen MR) is 304 cm³/mol. The first-order valence-corrected chi connectivity index (χ1v) is 28.6. The number of hydrogen-bond donors (Lipinski definition) is 12. The number of primary amides is 1. The van der Waals surface area contributed by atoms with Crippen LogP contribution in [0.3, 0.4) is 0 Å². The van der Waals surface area contributed by atoms with E-state index in [1.165, 1.54) is 23.6 Å². The maximum atomic E-state index is 14.8. The number of nitrogens with zero attached hydrogens (tertiary/aromatic N) is 2. The quantitative estimate of drug-likeness (QED) is 0.0928. The Morgan fingerprint density at radius 1 is 0.571 bits per heavy atom. The van der Waals surface area contributed by atoms with Crippen molar-refractivity contribution in [2.45, 2.75) is 179 Å². The third-order valence-corrected chi connectivity index (χ3v) is 15.1. The molecule has 13 N–H and O–H groups in total. The number of H-pyrrole nitrogens is 1. The maximum Gasteiger partial charge on any atom is 0.303 e. The number of aliphatic hydroxyl groups is 1. The molecule has 0 saturated carbocycles. The minimum Gasteiger partial charge on any atom is -0.481 e. The summed E-state index contributed by atoms with van der Waals surface area (Å²) in [6.45, 7) is 9.65. The summed E-state index contributed by atoms with van der Waals surface area (Å²) >= 11 is 0. The second kappa shape index (κ2) is 29.7. The van der Waals surface area contributed by atoms with Crippen molar-refractivity contribution >= 4 is 81.9 Å². The van der Waals surface area contributed by atoms with E-state index in [4.69, 9.17) is 5.73 Å². The van der Waals surface area contributed by atoms with Gasteiger partial charge in [0.15, 0.2) is 0 Å². The first-order chi connectivity index (χ1) is 39.8. The normalized spacial score (nSPS) is 26.4. The van der Waals surface area contributed by atoms with Crippen molar-refractivity contribution in [2.24, 2.45) is 17.6 Å². The fourth-order valence-corrected chi connectivity index (χ4v) is 10.8. The van der Waals surface area contributed by atoms with Crippen LogP contribution in [0, 0.1) is 11.8 Å². The minimum absolute atomic E-state index is 0.00387. The molecule has 4 heterocycles. The highest BCUT2D eigenvalue weighted by molar-refractivity contribution is 6.01. The summed E-state index contributed by atoms with van der Waals surface area (Å²) in [4.78, 5) is 174. The van der Waals surface area contributed by atoms with Gasteiger partial charge in [0.2, 0.25) is 65.0 Å². The van der Waals surface area contributed by atoms with Crippen molar-refractivity contribution in [3.63, 3.8) is 0 Å². The molecular weight excluding hydrogens is 1090 g/mol. The van der Waals surface area contributed by atoms with Crippen LogP contribution in [0.4, 0.5) is 0 Å². The van der Waals surface area contributed by atoms with E-state index in [0.29, 0.717) is 24.0 Å². The maximum absolute atomic E-state index is 14.8. The highest BCUT2D eigenvalue weighted by Gasteiger charge is 2.46. The SMILES string of the molecule is CC(C)C[C@@H]1NC(=O)[C@H](Cc2c[nH]c3ccccc23)NC(=O)[C@H](CC(C)C)NC(=O)[C@H](Cc2ccccc2)NC(=O)[C@@H]2CCCN2C(=O)[C@H]2CCCN2C(=O)[C@H]([C@@H](C)O)NC(=O)[C@H](CCC(=O)O)NC(=O)[C@H](C)NC(=O)[C@H](CC(N)=O)NC1=O. The smallest absolute Gasteiger partial charge is 0.303 e. The third-order valence-electron chi connectivity index (χ3n) is 15.1. The van der Waals surface area contributed by atoms with Crippen LogP contribution in [0.15, 0.2) is 60.8 Å². The van der Waals surface area contributed by atoms with Crippen LogP contribution in [-0.2, 0) is 70.4 Å². The summed E-state index contributed by atoms with van der Waals surface area (Å²) < 4.78 is 0. The molecule has 84 heavy (non-hydrogen) atoms. The van der Waals surface area contributed by atoms with E-state index >= 15 is 0 Å². The van der Waals surface area contributed by atoms with Gasteiger partial charge in [-0.25, -0.2) is 0 Å². The minimum atomic E-state index is -1.75. The molecule has 1 aromatic heterocycles. The van der Waals surface area contributed by atoms with Gasteiger partial charge in [-0.15, -0.1) is 0 Å². The number of benzene rings is 2. The number of hydrogen-bond acceptors (Lipinski definition) is 13. The Labute approximate surface area is 486 Å². The number of carboxylic acids is 1. The lowest BCUT2D eigenvalue weighted by molar-refractivity contribution is -0.149. The summed E-state index contributed by atoms with van der Waals surface area (Å²) in [5.74, 6) is -11.7. The van der Waals surface area contributed by atoms with E-state index in [2.05, 4.69) is 47.5 Å². The number of fused-ring (bicyclic) bond motifs is 3. The van der Waals surface area contributed by atoms with Crippen LogP contribution in [-0.4, -0.2) is 176 Å². The lowest BCUT2D eigenvalue weighted by Crippen LogP contribution is -2.62. The van der Waals surface area contributed by atoms with Crippen molar-refractivity contribution in [3.05, 3.63) is 71.9 Å². The summed E-state index contributed by atoms with van der Waals surface area (Å²) in [7, 11) is 0. The van der Waals surface area contributed by atoms with Gasteiger partial charge in [-0.05, 0) is 87.8 Å².